The largest absolute Gasteiger partial charge is 0.394 e. The number of ether oxygens (including phenoxy) is 4. The molecule has 426 valence electrons. The molecule has 0 aromatic carbocycles. The fourth-order valence-corrected chi connectivity index (χ4v) is 9.98. The third-order valence-electron chi connectivity index (χ3n) is 14.7. The maximum atomic E-state index is 13.4. The molecule has 0 aliphatic carbocycles. The fraction of sp³-hybridized carbons (Fsp3) is 0.964. The van der Waals surface area contributed by atoms with Gasteiger partial charge in [-0.25, -0.2) is 0 Å². The standard InChI is InChI=1S/C55H106N2O15/c1-4-6-8-10-12-14-16-18-19-20-21-22-23-24-26-28-30-32-34-36-43(62)53(68)57-41(47(63)42(61)35-33-31-29-27-25-17-15-13-11-9-7-5-2)39-69-55-51(67)52(49(65)45(38-59)71-55)72-54-46(56-40(3)60)50(66)48(64)44(37-58)70-54/h41-52,54-55,58-59,61-67H,4-39H2,1-3H3,(H,56,60)(H,57,68). The Balaban J connectivity index is 1.94. The Morgan fingerprint density at radius 1 is 0.514 bits per heavy atom. The maximum absolute atomic E-state index is 13.4. The van der Waals surface area contributed by atoms with Gasteiger partial charge < -0.3 is 75.5 Å². The summed E-state index contributed by atoms with van der Waals surface area (Å²) in [6, 6.07) is -2.71. The third kappa shape index (κ3) is 27.5. The number of hydrogen-bond donors (Lipinski definition) is 11. The zero-order valence-corrected chi connectivity index (χ0v) is 45.0. The van der Waals surface area contributed by atoms with Gasteiger partial charge in [0.1, 0.15) is 61.0 Å². The number of amides is 2. The van der Waals surface area contributed by atoms with Gasteiger partial charge in [0.05, 0.1) is 32.0 Å². The minimum absolute atomic E-state index is 0.195. The van der Waals surface area contributed by atoms with Gasteiger partial charge in [-0.2, -0.15) is 0 Å². The van der Waals surface area contributed by atoms with Crippen molar-refractivity contribution in [2.75, 3.05) is 19.8 Å². The van der Waals surface area contributed by atoms with Crippen LogP contribution in [0.15, 0.2) is 0 Å². The lowest BCUT2D eigenvalue weighted by molar-refractivity contribution is -0.348. The summed E-state index contributed by atoms with van der Waals surface area (Å²) in [4.78, 5) is 25.5. The van der Waals surface area contributed by atoms with E-state index in [0.29, 0.717) is 12.8 Å². The Bertz CT molecular complexity index is 1320. The molecule has 2 rings (SSSR count). The summed E-state index contributed by atoms with van der Waals surface area (Å²) in [5.41, 5.74) is 0. The number of unbranched alkanes of at least 4 members (excludes halogenated alkanes) is 29. The number of aliphatic hydroxyl groups excluding tert-OH is 9. The Kier molecular flexibility index (Phi) is 38.4. The highest BCUT2D eigenvalue weighted by Gasteiger charge is 2.51. The van der Waals surface area contributed by atoms with Crippen molar-refractivity contribution in [1.29, 1.82) is 0 Å². The SMILES string of the molecule is CCCCCCCCCCCCCCCCCCCCCC(O)C(=O)NC(COC1OC(CO)C(O)C(OC2OC(CO)C(O)C(O)C2NC(C)=O)C1O)C(O)C(O)CCCCCCCCCCCCCC. The zero-order valence-electron chi connectivity index (χ0n) is 45.0. The van der Waals surface area contributed by atoms with E-state index >= 15 is 0 Å². The number of aliphatic hydroxyl groups is 9. The summed E-state index contributed by atoms with van der Waals surface area (Å²) < 4.78 is 23.2. The van der Waals surface area contributed by atoms with Crippen LogP contribution in [0.4, 0.5) is 0 Å². The minimum atomic E-state index is -1.85. The highest BCUT2D eigenvalue weighted by atomic mass is 16.7. The first-order chi connectivity index (χ1) is 34.8. The predicted molar refractivity (Wildman–Crippen MR) is 278 cm³/mol. The van der Waals surface area contributed by atoms with Crippen LogP contribution in [0, 0.1) is 0 Å². The molecule has 0 bridgehead atoms. The lowest BCUT2D eigenvalue weighted by Crippen LogP contribution is -2.68. The molecule has 0 saturated carbocycles. The van der Waals surface area contributed by atoms with Crippen molar-refractivity contribution in [2.45, 2.75) is 318 Å². The molecule has 14 unspecified atom stereocenters. The maximum Gasteiger partial charge on any atom is 0.249 e. The van der Waals surface area contributed by atoms with Crippen LogP contribution >= 0.6 is 0 Å². The van der Waals surface area contributed by atoms with E-state index in [9.17, 15) is 55.5 Å². The Hall–Kier alpha value is -1.58. The Morgan fingerprint density at radius 3 is 1.32 bits per heavy atom. The third-order valence-corrected chi connectivity index (χ3v) is 14.7. The molecular weight excluding hydrogens is 929 g/mol. The van der Waals surface area contributed by atoms with Crippen LogP contribution in [-0.2, 0) is 28.5 Å². The number of rotatable bonds is 45. The van der Waals surface area contributed by atoms with Crippen molar-refractivity contribution in [3.8, 4) is 0 Å². The van der Waals surface area contributed by atoms with Crippen LogP contribution in [0.3, 0.4) is 0 Å². The van der Waals surface area contributed by atoms with Crippen molar-refractivity contribution >= 4 is 11.8 Å². The summed E-state index contributed by atoms with van der Waals surface area (Å²) in [5.74, 6) is -1.40. The Labute approximate surface area is 433 Å². The van der Waals surface area contributed by atoms with Crippen LogP contribution in [-0.4, -0.2) is 163 Å². The minimum Gasteiger partial charge on any atom is -0.394 e. The van der Waals surface area contributed by atoms with Gasteiger partial charge in [-0.3, -0.25) is 9.59 Å². The number of carbonyl (C=O) groups excluding carboxylic acids is 2. The number of carbonyl (C=O) groups is 2. The molecule has 2 amide bonds. The van der Waals surface area contributed by atoms with E-state index in [-0.39, 0.29) is 12.8 Å². The molecule has 2 aliphatic heterocycles. The number of nitrogens with one attached hydrogen (secondary N) is 2. The average molecular weight is 1040 g/mol. The molecule has 0 spiro atoms. The molecule has 14 atom stereocenters. The van der Waals surface area contributed by atoms with Gasteiger partial charge in [0, 0.05) is 6.92 Å². The van der Waals surface area contributed by atoms with Gasteiger partial charge in [0.25, 0.3) is 0 Å². The average Bonchev–Trinajstić information content (AvgIpc) is 3.36. The van der Waals surface area contributed by atoms with E-state index in [4.69, 9.17) is 18.9 Å². The first kappa shape index (κ1) is 66.5. The monoisotopic (exact) mass is 1030 g/mol. The lowest BCUT2D eigenvalue weighted by atomic mass is 9.95. The van der Waals surface area contributed by atoms with Crippen LogP contribution in [0.25, 0.3) is 0 Å². The van der Waals surface area contributed by atoms with Gasteiger partial charge in [-0.1, -0.05) is 213 Å². The van der Waals surface area contributed by atoms with E-state index in [0.717, 1.165) is 58.3 Å². The van der Waals surface area contributed by atoms with Gasteiger partial charge >= 0.3 is 0 Å². The summed E-state index contributed by atoms with van der Waals surface area (Å²) in [6.45, 7) is 3.55. The highest BCUT2D eigenvalue weighted by molar-refractivity contribution is 5.80. The van der Waals surface area contributed by atoms with Crippen LogP contribution < -0.4 is 10.6 Å². The zero-order chi connectivity index (χ0) is 52.9. The Morgan fingerprint density at radius 2 is 0.903 bits per heavy atom. The summed E-state index contributed by atoms with van der Waals surface area (Å²) in [7, 11) is 0. The number of hydrogen-bond acceptors (Lipinski definition) is 15. The van der Waals surface area contributed by atoms with Gasteiger partial charge in [0.15, 0.2) is 12.6 Å². The van der Waals surface area contributed by atoms with E-state index < -0.39 is 117 Å². The molecule has 0 aromatic heterocycles. The first-order valence-electron chi connectivity index (χ1n) is 28.9. The molecule has 2 heterocycles. The fourth-order valence-electron chi connectivity index (χ4n) is 9.98. The molecule has 11 N–H and O–H groups in total. The topological polar surface area (TPSA) is 277 Å². The second-order valence-electron chi connectivity index (χ2n) is 21.1. The molecule has 2 saturated heterocycles. The molecule has 17 nitrogen and oxygen atoms in total. The lowest BCUT2D eigenvalue weighted by Gasteiger charge is -2.47. The van der Waals surface area contributed by atoms with Crippen molar-refractivity contribution in [1.82, 2.24) is 10.6 Å². The molecule has 72 heavy (non-hydrogen) atoms. The second-order valence-corrected chi connectivity index (χ2v) is 21.1. The van der Waals surface area contributed by atoms with E-state index in [2.05, 4.69) is 24.5 Å². The summed E-state index contributed by atoms with van der Waals surface area (Å²) in [6.07, 6.45) is 18.5. The molecule has 2 fully saturated rings. The predicted octanol–water partition coefficient (Wildman–Crippen LogP) is 6.25. The van der Waals surface area contributed by atoms with Crippen molar-refractivity contribution in [2.24, 2.45) is 0 Å². The molecule has 0 radical (unpaired) electrons. The van der Waals surface area contributed by atoms with Crippen molar-refractivity contribution in [3.05, 3.63) is 0 Å². The van der Waals surface area contributed by atoms with Gasteiger partial charge in [-0.05, 0) is 12.8 Å². The van der Waals surface area contributed by atoms with E-state index in [1.165, 1.54) is 135 Å². The molecule has 0 aromatic rings. The highest BCUT2D eigenvalue weighted by Crippen LogP contribution is 2.30. The summed E-state index contributed by atoms with van der Waals surface area (Å²) in [5, 5.41) is 102. The van der Waals surface area contributed by atoms with Gasteiger partial charge in [-0.15, -0.1) is 0 Å². The van der Waals surface area contributed by atoms with Crippen molar-refractivity contribution < 1.29 is 74.5 Å². The second kappa shape index (κ2) is 41.6. The molecular formula is C55H106N2O15. The first-order valence-corrected chi connectivity index (χ1v) is 28.9. The van der Waals surface area contributed by atoms with Crippen LogP contribution in [0.5, 0.6) is 0 Å². The summed E-state index contributed by atoms with van der Waals surface area (Å²) >= 11 is 0. The van der Waals surface area contributed by atoms with E-state index in [1.807, 2.05) is 0 Å². The molecule has 17 heteroatoms. The van der Waals surface area contributed by atoms with E-state index in [1.54, 1.807) is 0 Å². The quantitative estimate of drug-likeness (QED) is 0.0301. The van der Waals surface area contributed by atoms with Crippen LogP contribution in [0.2, 0.25) is 0 Å². The molecule has 2 aliphatic rings. The van der Waals surface area contributed by atoms with Crippen molar-refractivity contribution in [3.63, 3.8) is 0 Å². The van der Waals surface area contributed by atoms with Gasteiger partial charge in [0.2, 0.25) is 11.8 Å². The smallest absolute Gasteiger partial charge is 0.249 e. The normalized spacial score (nSPS) is 26.3. The van der Waals surface area contributed by atoms with Crippen LogP contribution in [0.1, 0.15) is 233 Å².